The molecule has 0 bridgehead atoms. The molecule has 0 aromatic carbocycles. The second-order valence-corrected chi connectivity index (χ2v) is 4.39. The molecule has 2 heterocycles. The number of aromatic nitrogens is 3. The normalized spacial score (nSPS) is 10.9. The highest BCUT2D eigenvalue weighted by molar-refractivity contribution is 7.13. The molecule has 0 N–H and O–H groups in total. The number of hydrogen-bond acceptors (Lipinski definition) is 4. The minimum absolute atomic E-state index is 0.678. The first-order chi connectivity index (χ1) is 7.86. The summed E-state index contributed by atoms with van der Waals surface area (Å²) in [6, 6.07) is 2.15. The number of methoxy groups -OCH3 is 1. The summed E-state index contributed by atoms with van der Waals surface area (Å²) < 4.78 is 7.11. The molecule has 16 heavy (non-hydrogen) atoms. The van der Waals surface area contributed by atoms with Gasteiger partial charge in [0.1, 0.15) is 6.33 Å². The molecule has 0 atom stereocenters. The summed E-state index contributed by atoms with van der Waals surface area (Å²) in [6.45, 7) is 3.62. The predicted octanol–water partition coefficient (Wildman–Crippen LogP) is 2.22. The van der Waals surface area contributed by atoms with E-state index in [4.69, 9.17) is 4.74 Å². The number of nitrogens with zero attached hydrogens (tertiary/aromatic N) is 3. The summed E-state index contributed by atoms with van der Waals surface area (Å²) in [7, 11) is 1.70. The lowest BCUT2D eigenvalue weighted by Gasteiger charge is -2.05. The Morgan fingerprint density at radius 1 is 1.50 bits per heavy atom. The SMILES string of the molecule is CCc1ccsc1-c1nncn1CCOC. The molecule has 0 spiro atoms. The van der Waals surface area contributed by atoms with Gasteiger partial charge in [-0.15, -0.1) is 21.5 Å². The van der Waals surface area contributed by atoms with Gasteiger partial charge in [0.2, 0.25) is 0 Å². The van der Waals surface area contributed by atoms with Crippen molar-refractivity contribution < 1.29 is 4.74 Å². The molecule has 0 unspecified atom stereocenters. The Balaban J connectivity index is 2.29. The molecule has 4 nitrogen and oxygen atoms in total. The van der Waals surface area contributed by atoms with Crippen molar-refractivity contribution in [1.29, 1.82) is 0 Å². The van der Waals surface area contributed by atoms with Crippen LogP contribution in [0, 0.1) is 0 Å². The molecular formula is C11H15N3OS. The molecule has 2 aromatic heterocycles. The van der Waals surface area contributed by atoms with E-state index in [9.17, 15) is 0 Å². The molecule has 0 amide bonds. The van der Waals surface area contributed by atoms with E-state index in [1.165, 1.54) is 10.4 Å². The summed E-state index contributed by atoms with van der Waals surface area (Å²) >= 11 is 1.72. The van der Waals surface area contributed by atoms with Crippen molar-refractivity contribution in [3.8, 4) is 10.7 Å². The van der Waals surface area contributed by atoms with Crippen LogP contribution in [0.15, 0.2) is 17.8 Å². The lowest BCUT2D eigenvalue weighted by atomic mass is 10.2. The summed E-state index contributed by atoms with van der Waals surface area (Å²) in [5, 5.41) is 10.3. The first kappa shape index (κ1) is 11.3. The Labute approximate surface area is 98.9 Å². The van der Waals surface area contributed by atoms with E-state index in [0.717, 1.165) is 18.8 Å². The Bertz CT molecular complexity index is 450. The third-order valence-corrected chi connectivity index (χ3v) is 3.44. The molecule has 0 aliphatic carbocycles. The van der Waals surface area contributed by atoms with Crippen LogP contribution in [0.1, 0.15) is 12.5 Å². The maximum atomic E-state index is 5.07. The average Bonchev–Trinajstić information content (AvgIpc) is 2.93. The molecule has 86 valence electrons. The van der Waals surface area contributed by atoms with Gasteiger partial charge < -0.3 is 9.30 Å². The predicted molar refractivity (Wildman–Crippen MR) is 64.6 cm³/mol. The lowest BCUT2D eigenvalue weighted by molar-refractivity contribution is 0.187. The van der Waals surface area contributed by atoms with Crippen molar-refractivity contribution in [3.05, 3.63) is 23.3 Å². The number of aryl methyl sites for hydroxylation is 1. The summed E-state index contributed by atoms with van der Waals surface area (Å²) in [6.07, 6.45) is 2.78. The topological polar surface area (TPSA) is 39.9 Å². The van der Waals surface area contributed by atoms with Crippen molar-refractivity contribution in [2.75, 3.05) is 13.7 Å². The zero-order valence-corrected chi connectivity index (χ0v) is 10.3. The van der Waals surface area contributed by atoms with E-state index >= 15 is 0 Å². The summed E-state index contributed by atoms with van der Waals surface area (Å²) in [4.78, 5) is 1.22. The van der Waals surface area contributed by atoms with Gasteiger partial charge in [-0.3, -0.25) is 0 Å². The Morgan fingerprint density at radius 2 is 2.38 bits per heavy atom. The minimum Gasteiger partial charge on any atom is -0.383 e. The Hall–Kier alpha value is -1.20. The van der Waals surface area contributed by atoms with Crippen LogP contribution in [0.2, 0.25) is 0 Å². The van der Waals surface area contributed by atoms with Crippen LogP contribution >= 0.6 is 11.3 Å². The van der Waals surface area contributed by atoms with Gasteiger partial charge in [0.25, 0.3) is 0 Å². The highest BCUT2D eigenvalue weighted by Gasteiger charge is 2.12. The monoisotopic (exact) mass is 237 g/mol. The van der Waals surface area contributed by atoms with Crippen LogP contribution in [0.5, 0.6) is 0 Å². The van der Waals surface area contributed by atoms with Gasteiger partial charge in [0.05, 0.1) is 11.5 Å². The number of rotatable bonds is 5. The summed E-state index contributed by atoms with van der Waals surface area (Å²) in [5.74, 6) is 0.948. The molecule has 0 radical (unpaired) electrons. The van der Waals surface area contributed by atoms with Gasteiger partial charge in [0, 0.05) is 13.7 Å². The number of ether oxygens (including phenoxy) is 1. The van der Waals surface area contributed by atoms with Crippen LogP contribution in [-0.2, 0) is 17.7 Å². The van der Waals surface area contributed by atoms with Crippen molar-refractivity contribution >= 4 is 11.3 Å². The molecule has 0 saturated heterocycles. The van der Waals surface area contributed by atoms with Gasteiger partial charge in [-0.2, -0.15) is 0 Å². The molecule has 0 aliphatic rings. The first-order valence-corrected chi connectivity index (χ1v) is 6.18. The van der Waals surface area contributed by atoms with E-state index in [2.05, 4.69) is 28.6 Å². The minimum atomic E-state index is 0.678. The zero-order valence-electron chi connectivity index (χ0n) is 9.51. The van der Waals surface area contributed by atoms with E-state index in [-0.39, 0.29) is 0 Å². The standard InChI is InChI=1S/C11H15N3OS/c1-3-9-4-7-16-10(9)11-13-12-8-14(11)5-6-15-2/h4,7-8H,3,5-6H2,1-2H3. The fraction of sp³-hybridized carbons (Fsp3) is 0.455. The Morgan fingerprint density at radius 3 is 3.12 bits per heavy atom. The molecule has 5 heteroatoms. The van der Waals surface area contributed by atoms with Crippen molar-refractivity contribution in [1.82, 2.24) is 14.8 Å². The van der Waals surface area contributed by atoms with Crippen LogP contribution in [0.4, 0.5) is 0 Å². The first-order valence-electron chi connectivity index (χ1n) is 5.30. The van der Waals surface area contributed by atoms with Crippen LogP contribution in [0.3, 0.4) is 0 Å². The van der Waals surface area contributed by atoms with Crippen molar-refractivity contribution in [2.45, 2.75) is 19.9 Å². The van der Waals surface area contributed by atoms with Crippen LogP contribution < -0.4 is 0 Å². The highest BCUT2D eigenvalue weighted by Crippen LogP contribution is 2.28. The maximum Gasteiger partial charge on any atom is 0.174 e. The lowest BCUT2D eigenvalue weighted by Crippen LogP contribution is -2.04. The summed E-state index contributed by atoms with van der Waals surface area (Å²) in [5.41, 5.74) is 1.33. The van der Waals surface area contributed by atoms with E-state index < -0.39 is 0 Å². The quantitative estimate of drug-likeness (QED) is 0.800. The fourth-order valence-electron chi connectivity index (χ4n) is 1.59. The third kappa shape index (κ3) is 2.15. The average molecular weight is 237 g/mol. The maximum absolute atomic E-state index is 5.07. The number of thiophene rings is 1. The van der Waals surface area contributed by atoms with Gasteiger partial charge in [-0.1, -0.05) is 6.92 Å². The van der Waals surface area contributed by atoms with E-state index in [1.54, 1.807) is 24.8 Å². The smallest absolute Gasteiger partial charge is 0.174 e. The largest absolute Gasteiger partial charge is 0.383 e. The zero-order chi connectivity index (χ0) is 11.4. The molecule has 0 saturated carbocycles. The molecule has 0 aliphatic heterocycles. The van der Waals surface area contributed by atoms with Crippen molar-refractivity contribution in [2.24, 2.45) is 0 Å². The number of hydrogen-bond donors (Lipinski definition) is 0. The van der Waals surface area contributed by atoms with Crippen LogP contribution in [0.25, 0.3) is 10.7 Å². The molecule has 0 fully saturated rings. The van der Waals surface area contributed by atoms with E-state index in [0.29, 0.717) is 6.61 Å². The molecule has 2 rings (SSSR count). The Kier molecular flexibility index (Phi) is 3.69. The third-order valence-electron chi connectivity index (χ3n) is 2.48. The second-order valence-electron chi connectivity index (χ2n) is 3.47. The van der Waals surface area contributed by atoms with E-state index in [1.807, 2.05) is 4.57 Å². The highest BCUT2D eigenvalue weighted by atomic mass is 32.1. The fourth-order valence-corrected chi connectivity index (χ4v) is 2.59. The van der Waals surface area contributed by atoms with Gasteiger partial charge in [0.15, 0.2) is 5.82 Å². The van der Waals surface area contributed by atoms with Crippen molar-refractivity contribution in [3.63, 3.8) is 0 Å². The van der Waals surface area contributed by atoms with Gasteiger partial charge in [-0.05, 0) is 23.4 Å². The second kappa shape index (κ2) is 5.23. The van der Waals surface area contributed by atoms with Crippen LogP contribution in [-0.4, -0.2) is 28.5 Å². The molecular weight excluding hydrogens is 222 g/mol. The molecule has 2 aromatic rings. The van der Waals surface area contributed by atoms with Gasteiger partial charge >= 0.3 is 0 Å². The van der Waals surface area contributed by atoms with Gasteiger partial charge in [-0.25, -0.2) is 0 Å².